The summed E-state index contributed by atoms with van der Waals surface area (Å²) in [5.41, 5.74) is 6.60. The van der Waals surface area contributed by atoms with Crippen LogP contribution >= 0.6 is 15.9 Å². The van der Waals surface area contributed by atoms with Crippen LogP contribution in [-0.4, -0.2) is 28.4 Å². The standard InChI is InChI=1S/C14H21BrN4O/c1-3-7-18-14(20)13(15)12(9-17-18)19-10(2)5-4-6-11(19)8-16/h3,9-11H,1,4-8,16H2,2H3. The fourth-order valence-electron chi connectivity index (χ4n) is 2.84. The fraction of sp³-hybridized carbons (Fsp3) is 0.571. The molecular weight excluding hydrogens is 320 g/mol. The van der Waals surface area contributed by atoms with Gasteiger partial charge in [0.15, 0.2) is 0 Å². The Morgan fingerprint density at radius 2 is 2.35 bits per heavy atom. The average Bonchev–Trinajstić information content (AvgIpc) is 2.45. The summed E-state index contributed by atoms with van der Waals surface area (Å²) in [5, 5.41) is 4.23. The smallest absolute Gasteiger partial charge is 0.283 e. The van der Waals surface area contributed by atoms with Crippen LogP contribution in [0.4, 0.5) is 5.69 Å². The highest BCUT2D eigenvalue weighted by Gasteiger charge is 2.29. The molecule has 1 fully saturated rings. The summed E-state index contributed by atoms with van der Waals surface area (Å²) in [6.45, 7) is 6.80. The first-order valence-electron chi connectivity index (χ1n) is 6.95. The Balaban J connectivity index is 2.43. The summed E-state index contributed by atoms with van der Waals surface area (Å²) in [6.07, 6.45) is 6.76. The third-order valence-corrected chi connectivity index (χ3v) is 4.59. The van der Waals surface area contributed by atoms with E-state index >= 15 is 0 Å². The van der Waals surface area contributed by atoms with Crippen molar-refractivity contribution in [2.24, 2.45) is 5.73 Å². The van der Waals surface area contributed by atoms with E-state index in [1.54, 1.807) is 12.3 Å². The lowest BCUT2D eigenvalue weighted by atomic mass is 9.96. The Labute approximate surface area is 127 Å². The maximum Gasteiger partial charge on any atom is 0.283 e. The molecule has 2 rings (SSSR count). The Morgan fingerprint density at radius 1 is 1.60 bits per heavy atom. The highest BCUT2D eigenvalue weighted by atomic mass is 79.9. The molecule has 110 valence electrons. The van der Waals surface area contributed by atoms with Crippen LogP contribution < -0.4 is 16.2 Å². The molecule has 1 aliphatic rings. The van der Waals surface area contributed by atoms with Gasteiger partial charge in [-0.15, -0.1) is 6.58 Å². The molecule has 2 atom stereocenters. The number of piperidine rings is 1. The Kier molecular flexibility index (Phi) is 4.99. The van der Waals surface area contributed by atoms with Gasteiger partial charge in [-0.05, 0) is 42.1 Å². The van der Waals surface area contributed by atoms with E-state index in [0.29, 0.717) is 23.6 Å². The Bertz CT molecular complexity index is 542. The van der Waals surface area contributed by atoms with Crippen LogP contribution in [0.2, 0.25) is 0 Å². The van der Waals surface area contributed by atoms with Gasteiger partial charge >= 0.3 is 0 Å². The SMILES string of the molecule is C=CCn1ncc(N2C(C)CCCC2CN)c(Br)c1=O. The van der Waals surface area contributed by atoms with Crippen molar-refractivity contribution in [1.29, 1.82) is 0 Å². The van der Waals surface area contributed by atoms with Gasteiger partial charge in [-0.2, -0.15) is 5.10 Å². The van der Waals surface area contributed by atoms with E-state index in [1.807, 2.05) is 0 Å². The summed E-state index contributed by atoms with van der Waals surface area (Å²) in [6, 6.07) is 0.636. The highest BCUT2D eigenvalue weighted by molar-refractivity contribution is 9.10. The number of nitrogens with zero attached hydrogens (tertiary/aromatic N) is 3. The van der Waals surface area contributed by atoms with Crippen LogP contribution in [0.1, 0.15) is 26.2 Å². The number of nitrogens with two attached hydrogens (primary N) is 1. The minimum Gasteiger partial charge on any atom is -0.362 e. The molecule has 0 bridgehead atoms. The lowest BCUT2D eigenvalue weighted by molar-refractivity contribution is 0.399. The fourth-order valence-corrected chi connectivity index (χ4v) is 3.35. The first kappa shape index (κ1) is 15.3. The molecule has 6 heteroatoms. The quantitative estimate of drug-likeness (QED) is 0.850. The summed E-state index contributed by atoms with van der Waals surface area (Å²) in [5.74, 6) is 0. The number of allylic oxidation sites excluding steroid dienone is 1. The minimum absolute atomic E-state index is 0.129. The van der Waals surface area contributed by atoms with Gasteiger partial charge < -0.3 is 10.6 Å². The molecule has 5 nitrogen and oxygen atoms in total. The van der Waals surface area contributed by atoms with Gasteiger partial charge in [0.1, 0.15) is 4.47 Å². The molecule has 0 aliphatic carbocycles. The summed E-state index contributed by atoms with van der Waals surface area (Å²) in [4.78, 5) is 14.5. The van der Waals surface area contributed by atoms with E-state index in [2.05, 4.69) is 39.4 Å². The average molecular weight is 341 g/mol. The number of aromatic nitrogens is 2. The van der Waals surface area contributed by atoms with Crippen molar-refractivity contribution >= 4 is 21.6 Å². The molecule has 2 unspecified atom stereocenters. The first-order valence-corrected chi connectivity index (χ1v) is 7.74. The van der Waals surface area contributed by atoms with Crippen molar-refractivity contribution in [1.82, 2.24) is 9.78 Å². The van der Waals surface area contributed by atoms with Crippen LogP contribution in [0.3, 0.4) is 0 Å². The van der Waals surface area contributed by atoms with Crippen molar-refractivity contribution in [3.8, 4) is 0 Å². The molecule has 0 radical (unpaired) electrons. The number of hydrogen-bond acceptors (Lipinski definition) is 4. The van der Waals surface area contributed by atoms with Crippen LogP contribution in [0.15, 0.2) is 28.1 Å². The topological polar surface area (TPSA) is 64.2 Å². The van der Waals surface area contributed by atoms with Crippen molar-refractivity contribution < 1.29 is 0 Å². The van der Waals surface area contributed by atoms with Crippen molar-refractivity contribution in [2.45, 2.75) is 44.8 Å². The third kappa shape index (κ3) is 2.81. The highest BCUT2D eigenvalue weighted by Crippen LogP contribution is 2.31. The molecule has 0 saturated carbocycles. The zero-order valence-corrected chi connectivity index (χ0v) is 13.3. The molecule has 20 heavy (non-hydrogen) atoms. The van der Waals surface area contributed by atoms with Crippen LogP contribution in [0.5, 0.6) is 0 Å². The largest absolute Gasteiger partial charge is 0.362 e. The summed E-state index contributed by atoms with van der Waals surface area (Å²) in [7, 11) is 0. The zero-order chi connectivity index (χ0) is 14.7. The van der Waals surface area contributed by atoms with E-state index in [1.165, 1.54) is 11.1 Å². The van der Waals surface area contributed by atoms with E-state index in [-0.39, 0.29) is 11.6 Å². The molecule has 1 aliphatic heterocycles. The molecule has 0 amide bonds. The van der Waals surface area contributed by atoms with Crippen molar-refractivity contribution in [3.63, 3.8) is 0 Å². The zero-order valence-electron chi connectivity index (χ0n) is 11.8. The maximum absolute atomic E-state index is 12.3. The minimum atomic E-state index is -0.129. The molecule has 2 N–H and O–H groups in total. The Hall–Kier alpha value is -1.14. The number of rotatable bonds is 4. The first-order chi connectivity index (χ1) is 9.60. The second-order valence-electron chi connectivity index (χ2n) is 5.20. The van der Waals surface area contributed by atoms with Crippen LogP contribution in [0.25, 0.3) is 0 Å². The lowest BCUT2D eigenvalue weighted by Crippen LogP contribution is -2.49. The molecule has 2 heterocycles. The van der Waals surface area contributed by atoms with Crippen molar-refractivity contribution in [2.75, 3.05) is 11.4 Å². The summed E-state index contributed by atoms with van der Waals surface area (Å²) >= 11 is 3.43. The normalized spacial score (nSPS) is 22.9. The second kappa shape index (κ2) is 6.54. The molecule has 1 aromatic heterocycles. The predicted octanol–water partition coefficient (Wildman–Crippen LogP) is 1.90. The van der Waals surface area contributed by atoms with Crippen molar-refractivity contribution in [3.05, 3.63) is 33.7 Å². The predicted molar refractivity (Wildman–Crippen MR) is 85.0 cm³/mol. The molecule has 0 spiro atoms. The third-order valence-electron chi connectivity index (χ3n) is 3.85. The molecule has 0 aromatic carbocycles. The maximum atomic E-state index is 12.3. The second-order valence-corrected chi connectivity index (χ2v) is 5.99. The number of halogens is 1. The number of anilines is 1. The monoisotopic (exact) mass is 340 g/mol. The van der Waals surface area contributed by atoms with E-state index in [9.17, 15) is 4.79 Å². The van der Waals surface area contributed by atoms with Gasteiger partial charge in [0.25, 0.3) is 5.56 Å². The summed E-state index contributed by atoms with van der Waals surface area (Å²) < 4.78 is 1.95. The van der Waals surface area contributed by atoms with Gasteiger partial charge in [-0.1, -0.05) is 6.08 Å². The van der Waals surface area contributed by atoms with Crippen LogP contribution in [-0.2, 0) is 6.54 Å². The van der Waals surface area contributed by atoms with E-state index in [0.717, 1.165) is 18.5 Å². The van der Waals surface area contributed by atoms with Gasteiger partial charge in [0.2, 0.25) is 0 Å². The molecule has 1 aromatic rings. The van der Waals surface area contributed by atoms with Gasteiger partial charge in [0.05, 0.1) is 18.4 Å². The molecule has 1 saturated heterocycles. The van der Waals surface area contributed by atoms with E-state index < -0.39 is 0 Å². The number of hydrogen-bond donors (Lipinski definition) is 1. The Morgan fingerprint density at radius 3 is 3.00 bits per heavy atom. The van der Waals surface area contributed by atoms with E-state index in [4.69, 9.17) is 5.73 Å². The van der Waals surface area contributed by atoms with Crippen LogP contribution in [0, 0.1) is 0 Å². The van der Waals surface area contributed by atoms with Gasteiger partial charge in [-0.3, -0.25) is 4.79 Å². The molecular formula is C14H21BrN4O. The van der Waals surface area contributed by atoms with Gasteiger partial charge in [-0.25, -0.2) is 4.68 Å². The lowest BCUT2D eigenvalue weighted by Gasteiger charge is -2.42. The van der Waals surface area contributed by atoms with Gasteiger partial charge in [0, 0.05) is 18.6 Å².